The Bertz CT molecular complexity index is 3090. The standard InChI is InChI=1S/C58H39N3/c1-4-14-46(15-5-1)57-60-55(39-56(61-57)45-33-31-43(32-34-45)54-22-12-13-37-59-54)44-29-27-41(28-30-44)40-23-25-42(26-24-40)47-35-36-51-50-20-10-11-21-52(50)58(53(51)38-47,48-16-6-2-7-17-48)49-18-8-3-9-19-49/h1-39H. The molecular formula is C58H39N3. The molecular weight excluding hydrogens is 739 g/mol. The smallest absolute Gasteiger partial charge is 0.160 e. The van der Waals surface area contributed by atoms with E-state index in [9.17, 15) is 0 Å². The first kappa shape index (κ1) is 36.1. The average Bonchev–Trinajstić information content (AvgIpc) is 3.65. The van der Waals surface area contributed by atoms with E-state index in [1.165, 1.54) is 44.5 Å². The van der Waals surface area contributed by atoms with Gasteiger partial charge in [0.1, 0.15) is 0 Å². The molecule has 0 amide bonds. The second-order valence-electron chi connectivity index (χ2n) is 15.6. The largest absolute Gasteiger partial charge is 0.256 e. The Morgan fingerprint density at radius 2 is 0.721 bits per heavy atom. The van der Waals surface area contributed by atoms with Gasteiger partial charge in [-0.05, 0) is 79.9 Å². The van der Waals surface area contributed by atoms with Gasteiger partial charge in [0.05, 0.1) is 22.5 Å². The third kappa shape index (κ3) is 6.44. The Labute approximate surface area is 356 Å². The molecule has 2 aromatic heterocycles. The quantitative estimate of drug-likeness (QED) is 0.154. The maximum Gasteiger partial charge on any atom is 0.160 e. The molecule has 2 heterocycles. The number of fused-ring (bicyclic) bond motifs is 3. The van der Waals surface area contributed by atoms with Crippen molar-refractivity contribution in [3.8, 4) is 78.5 Å². The van der Waals surface area contributed by atoms with Crippen molar-refractivity contribution in [2.45, 2.75) is 5.41 Å². The van der Waals surface area contributed by atoms with Crippen LogP contribution in [0.1, 0.15) is 22.3 Å². The van der Waals surface area contributed by atoms with E-state index >= 15 is 0 Å². The van der Waals surface area contributed by atoms with E-state index in [1.54, 1.807) is 0 Å². The van der Waals surface area contributed by atoms with Gasteiger partial charge in [0, 0.05) is 28.5 Å². The molecule has 0 atom stereocenters. The van der Waals surface area contributed by atoms with Crippen LogP contribution in [0.5, 0.6) is 0 Å². The second kappa shape index (κ2) is 15.3. The lowest BCUT2D eigenvalue weighted by Gasteiger charge is -2.34. The zero-order valence-corrected chi connectivity index (χ0v) is 33.4. The molecule has 10 aromatic rings. The molecule has 61 heavy (non-hydrogen) atoms. The van der Waals surface area contributed by atoms with Crippen LogP contribution in [0.15, 0.2) is 237 Å². The average molecular weight is 778 g/mol. The topological polar surface area (TPSA) is 38.7 Å². The lowest BCUT2D eigenvalue weighted by molar-refractivity contribution is 0.769. The Morgan fingerprint density at radius 3 is 1.28 bits per heavy atom. The number of nitrogens with zero attached hydrogens (tertiary/aromatic N) is 3. The lowest BCUT2D eigenvalue weighted by atomic mass is 9.67. The number of benzene rings is 8. The van der Waals surface area contributed by atoms with Crippen LogP contribution in [0.4, 0.5) is 0 Å². The summed E-state index contributed by atoms with van der Waals surface area (Å²) < 4.78 is 0. The summed E-state index contributed by atoms with van der Waals surface area (Å²) in [6.07, 6.45) is 1.82. The van der Waals surface area contributed by atoms with Crippen molar-refractivity contribution >= 4 is 0 Å². The van der Waals surface area contributed by atoms with Crippen LogP contribution in [0, 0.1) is 0 Å². The van der Waals surface area contributed by atoms with Crippen molar-refractivity contribution < 1.29 is 0 Å². The van der Waals surface area contributed by atoms with Gasteiger partial charge in [0.25, 0.3) is 0 Å². The molecule has 3 heteroatoms. The van der Waals surface area contributed by atoms with Gasteiger partial charge in [-0.15, -0.1) is 0 Å². The molecule has 0 fully saturated rings. The van der Waals surface area contributed by atoms with Crippen molar-refractivity contribution in [2.75, 3.05) is 0 Å². The van der Waals surface area contributed by atoms with Crippen molar-refractivity contribution in [3.05, 3.63) is 259 Å². The van der Waals surface area contributed by atoms with Crippen LogP contribution in [0.3, 0.4) is 0 Å². The molecule has 0 saturated heterocycles. The fourth-order valence-electron chi connectivity index (χ4n) is 9.12. The number of rotatable bonds is 8. The highest BCUT2D eigenvalue weighted by molar-refractivity contribution is 5.88. The Balaban J connectivity index is 0.921. The van der Waals surface area contributed by atoms with Gasteiger partial charge < -0.3 is 0 Å². The minimum atomic E-state index is -0.427. The molecule has 8 aromatic carbocycles. The Kier molecular flexibility index (Phi) is 9.05. The Hall–Kier alpha value is -8.01. The molecule has 286 valence electrons. The Morgan fingerprint density at radius 1 is 0.279 bits per heavy atom. The van der Waals surface area contributed by atoms with Crippen molar-refractivity contribution in [2.24, 2.45) is 0 Å². The molecule has 11 rings (SSSR count). The maximum atomic E-state index is 5.08. The van der Waals surface area contributed by atoms with Crippen LogP contribution >= 0.6 is 0 Å². The highest BCUT2D eigenvalue weighted by Gasteiger charge is 2.46. The monoisotopic (exact) mass is 777 g/mol. The molecule has 0 radical (unpaired) electrons. The summed E-state index contributed by atoms with van der Waals surface area (Å²) in [5.74, 6) is 0.696. The maximum absolute atomic E-state index is 5.08. The third-order valence-corrected chi connectivity index (χ3v) is 12.1. The van der Waals surface area contributed by atoms with Gasteiger partial charge in [-0.2, -0.15) is 0 Å². The number of hydrogen-bond donors (Lipinski definition) is 0. The first-order valence-electron chi connectivity index (χ1n) is 20.8. The molecule has 0 unspecified atom stereocenters. The lowest BCUT2D eigenvalue weighted by Crippen LogP contribution is -2.28. The molecule has 1 aliphatic carbocycles. The van der Waals surface area contributed by atoms with Crippen LogP contribution in [0.25, 0.3) is 78.5 Å². The van der Waals surface area contributed by atoms with Gasteiger partial charge in [-0.1, -0.05) is 206 Å². The van der Waals surface area contributed by atoms with E-state index in [-0.39, 0.29) is 0 Å². The van der Waals surface area contributed by atoms with Gasteiger partial charge in [0.15, 0.2) is 5.82 Å². The zero-order chi connectivity index (χ0) is 40.6. The summed E-state index contributed by atoms with van der Waals surface area (Å²) in [7, 11) is 0. The first-order chi connectivity index (χ1) is 30.2. The highest BCUT2D eigenvalue weighted by atomic mass is 14.9. The number of hydrogen-bond acceptors (Lipinski definition) is 3. The summed E-state index contributed by atoms with van der Waals surface area (Å²) in [5.41, 5.74) is 18.8. The molecule has 3 nitrogen and oxygen atoms in total. The first-order valence-corrected chi connectivity index (χ1v) is 20.8. The molecule has 0 saturated carbocycles. The fourth-order valence-corrected chi connectivity index (χ4v) is 9.12. The molecule has 0 N–H and O–H groups in total. The summed E-state index contributed by atoms with van der Waals surface area (Å²) in [5, 5.41) is 0. The SMILES string of the molecule is c1ccc(-c2nc(-c3ccc(-c4ccc(-c5ccc6c(c5)C(c5ccccc5)(c5ccccc5)c5ccccc5-6)cc4)cc3)cc(-c3ccc(-c4ccccn4)cc3)n2)cc1. The fraction of sp³-hybridized carbons (Fsp3) is 0.0172. The predicted octanol–water partition coefficient (Wildman–Crippen LogP) is 14.2. The molecule has 1 aliphatic rings. The van der Waals surface area contributed by atoms with Gasteiger partial charge in [0.2, 0.25) is 0 Å². The van der Waals surface area contributed by atoms with Gasteiger partial charge >= 0.3 is 0 Å². The third-order valence-electron chi connectivity index (χ3n) is 12.1. The minimum absolute atomic E-state index is 0.427. The van der Waals surface area contributed by atoms with Gasteiger partial charge in [-0.25, -0.2) is 9.97 Å². The van der Waals surface area contributed by atoms with Crippen molar-refractivity contribution in [3.63, 3.8) is 0 Å². The van der Waals surface area contributed by atoms with Crippen molar-refractivity contribution in [1.29, 1.82) is 0 Å². The zero-order valence-electron chi connectivity index (χ0n) is 33.4. The van der Waals surface area contributed by atoms with Crippen molar-refractivity contribution in [1.82, 2.24) is 15.0 Å². The van der Waals surface area contributed by atoms with E-state index in [0.29, 0.717) is 5.82 Å². The summed E-state index contributed by atoms with van der Waals surface area (Å²) in [6.45, 7) is 0. The summed E-state index contributed by atoms with van der Waals surface area (Å²) in [4.78, 5) is 14.6. The van der Waals surface area contributed by atoms with Crippen LogP contribution in [0.2, 0.25) is 0 Å². The van der Waals surface area contributed by atoms with Crippen LogP contribution in [-0.4, -0.2) is 15.0 Å². The van der Waals surface area contributed by atoms with Crippen LogP contribution in [-0.2, 0) is 5.41 Å². The van der Waals surface area contributed by atoms with Crippen LogP contribution < -0.4 is 0 Å². The van der Waals surface area contributed by atoms with E-state index in [0.717, 1.165) is 50.5 Å². The van der Waals surface area contributed by atoms with Gasteiger partial charge in [-0.3, -0.25) is 4.98 Å². The minimum Gasteiger partial charge on any atom is -0.256 e. The molecule has 0 bridgehead atoms. The van der Waals surface area contributed by atoms with E-state index in [4.69, 9.17) is 9.97 Å². The van der Waals surface area contributed by atoms with E-state index < -0.39 is 5.41 Å². The number of aromatic nitrogens is 3. The van der Waals surface area contributed by atoms with E-state index in [1.807, 2.05) is 42.6 Å². The predicted molar refractivity (Wildman–Crippen MR) is 250 cm³/mol. The normalized spacial score (nSPS) is 12.4. The molecule has 0 aliphatic heterocycles. The number of pyridine rings is 1. The molecule has 0 spiro atoms. The summed E-state index contributed by atoms with van der Waals surface area (Å²) in [6, 6.07) is 82.3. The van der Waals surface area contributed by atoms with E-state index in [2.05, 4.69) is 199 Å². The summed E-state index contributed by atoms with van der Waals surface area (Å²) >= 11 is 0. The second-order valence-corrected chi connectivity index (χ2v) is 15.6. The highest BCUT2D eigenvalue weighted by Crippen LogP contribution is 2.56.